The van der Waals surface area contributed by atoms with E-state index in [9.17, 15) is 16.8 Å². The number of aliphatic imine (C=N–C) groups is 1. The first kappa shape index (κ1) is 23.3. The van der Waals surface area contributed by atoms with Crippen LogP contribution in [0.3, 0.4) is 0 Å². The number of nitrogens with one attached hydrogen (secondary N) is 3. The first-order valence-electron chi connectivity index (χ1n) is 9.95. The number of nitrogens with zero attached hydrogens (tertiary/aromatic N) is 4. The Morgan fingerprint density at radius 1 is 1.12 bits per heavy atom. The molecule has 0 unspecified atom stereocenters. The lowest BCUT2D eigenvalue weighted by Crippen LogP contribution is -2.53. The molecule has 13 nitrogen and oxygen atoms in total. The summed E-state index contributed by atoms with van der Waals surface area (Å²) in [5, 5.41) is 19.5. The molecule has 1 aromatic carbocycles. The molecule has 0 saturated carbocycles. The van der Waals surface area contributed by atoms with Crippen LogP contribution in [0.5, 0.6) is 0 Å². The van der Waals surface area contributed by atoms with Crippen LogP contribution in [0.15, 0.2) is 55.5 Å². The Morgan fingerprint density at radius 2 is 1.94 bits per heavy atom. The summed E-state index contributed by atoms with van der Waals surface area (Å²) in [5.41, 5.74) is 6.54. The summed E-state index contributed by atoms with van der Waals surface area (Å²) in [7, 11) is -8.85. The number of nitrogens with two attached hydrogens (primary N) is 2. The van der Waals surface area contributed by atoms with E-state index >= 15 is 0 Å². The zero-order valence-electron chi connectivity index (χ0n) is 17.4. The molecular formula is C18H23N9O4S2. The molecule has 33 heavy (non-hydrogen) atoms. The molecule has 15 heteroatoms. The van der Waals surface area contributed by atoms with E-state index in [0.29, 0.717) is 18.7 Å². The molecule has 0 amide bonds. The van der Waals surface area contributed by atoms with Crippen molar-refractivity contribution in [3.05, 3.63) is 36.0 Å². The molecule has 0 spiro atoms. The van der Waals surface area contributed by atoms with E-state index in [1.54, 1.807) is 12.1 Å². The lowest BCUT2D eigenvalue weighted by molar-refractivity contribution is 0.414. The molecule has 176 valence electrons. The molecule has 3 heterocycles. The van der Waals surface area contributed by atoms with Gasteiger partial charge in [0.2, 0.25) is 20.0 Å². The maximum absolute atomic E-state index is 13.2. The summed E-state index contributed by atoms with van der Waals surface area (Å²) in [6.07, 6.45) is 1.47. The summed E-state index contributed by atoms with van der Waals surface area (Å²) >= 11 is 0. The number of benzene rings is 1. The van der Waals surface area contributed by atoms with Gasteiger partial charge in [-0.3, -0.25) is 0 Å². The van der Waals surface area contributed by atoms with Gasteiger partial charge in [-0.1, -0.05) is 6.07 Å². The Balaban J connectivity index is 1.89. The lowest BCUT2D eigenvalue weighted by Gasteiger charge is -2.25. The SMILES string of the molecule is Nc1ncccc1-c1ccc(S(=O)(=O)NC[C@H]2CNCCN2)c(S(N)(=O)=O)c1C1=NCN=N1. The van der Waals surface area contributed by atoms with Gasteiger partial charge in [0.1, 0.15) is 15.6 Å². The molecule has 0 aliphatic carbocycles. The normalized spacial score (nSPS) is 18.9. The third-order valence-electron chi connectivity index (χ3n) is 5.14. The molecular weight excluding hydrogens is 470 g/mol. The molecule has 7 N–H and O–H groups in total. The van der Waals surface area contributed by atoms with Gasteiger partial charge in [0.05, 0.1) is 5.56 Å². The van der Waals surface area contributed by atoms with Crippen molar-refractivity contribution in [1.82, 2.24) is 20.3 Å². The van der Waals surface area contributed by atoms with E-state index in [1.165, 1.54) is 18.3 Å². The van der Waals surface area contributed by atoms with E-state index in [0.717, 1.165) is 6.54 Å². The molecule has 1 aromatic heterocycles. The number of aromatic nitrogens is 1. The monoisotopic (exact) mass is 493 g/mol. The molecule has 2 aliphatic rings. The number of piperazine rings is 1. The van der Waals surface area contributed by atoms with E-state index in [4.69, 9.17) is 10.9 Å². The van der Waals surface area contributed by atoms with Crippen LogP contribution in [-0.4, -0.2) is 66.5 Å². The Morgan fingerprint density at radius 3 is 2.58 bits per heavy atom. The molecule has 1 fully saturated rings. The average molecular weight is 494 g/mol. The number of amidine groups is 1. The van der Waals surface area contributed by atoms with Crippen molar-refractivity contribution in [2.45, 2.75) is 15.8 Å². The fourth-order valence-electron chi connectivity index (χ4n) is 3.65. The van der Waals surface area contributed by atoms with Crippen LogP contribution in [-0.2, 0) is 20.0 Å². The van der Waals surface area contributed by atoms with E-state index < -0.39 is 29.8 Å². The topological polar surface area (TPSA) is 206 Å². The second-order valence-corrected chi connectivity index (χ2v) is 10.6. The Kier molecular flexibility index (Phi) is 6.51. The van der Waals surface area contributed by atoms with Gasteiger partial charge in [0.25, 0.3) is 0 Å². The molecule has 1 atom stereocenters. The van der Waals surface area contributed by atoms with Crippen molar-refractivity contribution in [3.63, 3.8) is 0 Å². The van der Waals surface area contributed by atoms with Gasteiger partial charge in [-0.05, 0) is 23.8 Å². The van der Waals surface area contributed by atoms with Crippen LogP contribution in [0.4, 0.5) is 5.82 Å². The molecule has 0 bridgehead atoms. The number of rotatable bonds is 7. The number of hydrogen-bond donors (Lipinski definition) is 5. The van der Waals surface area contributed by atoms with E-state index in [-0.39, 0.29) is 42.0 Å². The van der Waals surface area contributed by atoms with E-state index in [1.807, 2.05) is 0 Å². The van der Waals surface area contributed by atoms with Crippen molar-refractivity contribution in [1.29, 1.82) is 0 Å². The van der Waals surface area contributed by atoms with Crippen molar-refractivity contribution in [2.75, 3.05) is 38.6 Å². The fourth-order valence-corrected chi connectivity index (χ4v) is 6.33. The van der Waals surface area contributed by atoms with Gasteiger partial charge in [-0.15, -0.1) is 5.11 Å². The van der Waals surface area contributed by atoms with Gasteiger partial charge in [-0.2, -0.15) is 5.11 Å². The highest BCUT2D eigenvalue weighted by Crippen LogP contribution is 2.36. The number of nitrogen functional groups attached to an aromatic ring is 1. The maximum Gasteiger partial charge on any atom is 0.241 e. The third-order valence-corrected chi connectivity index (χ3v) is 7.73. The van der Waals surface area contributed by atoms with Gasteiger partial charge in [-0.25, -0.2) is 36.7 Å². The highest BCUT2D eigenvalue weighted by atomic mass is 32.2. The first-order chi connectivity index (χ1) is 15.7. The summed E-state index contributed by atoms with van der Waals surface area (Å²) < 4.78 is 54.4. The van der Waals surface area contributed by atoms with E-state index in [2.05, 4.69) is 35.6 Å². The standard InChI is InChI=1S/C18H23N9O4S2/c19-17-13(2-1-5-23-17)12-3-4-14(33(30,31)26-9-11-8-21-6-7-22-11)16(32(20,28)29)15(12)18-24-10-25-27-18/h1-5,11,21-22,26H,6-10H2,(H2,19,23)(H2,20,28,29)/t11-/m1/s1. The highest BCUT2D eigenvalue weighted by Gasteiger charge is 2.33. The first-order valence-corrected chi connectivity index (χ1v) is 13.0. The van der Waals surface area contributed by atoms with Crippen LogP contribution < -0.4 is 26.2 Å². The van der Waals surface area contributed by atoms with Crippen LogP contribution in [0, 0.1) is 0 Å². The minimum atomic E-state index is -4.56. The average Bonchev–Trinajstić information content (AvgIpc) is 3.32. The lowest BCUT2D eigenvalue weighted by atomic mass is 9.99. The number of anilines is 1. The van der Waals surface area contributed by atoms with Crippen LogP contribution in [0.2, 0.25) is 0 Å². The van der Waals surface area contributed by atoms with Crippen LogP contribution in [0.1, 0.15) is 5.56 Å². The molecule has 0 radical (unpaired) electrons. The van der Waals surface area contributed by atoms with Gasteiger partial charge < -0.3 is 16.4 Å². The number of azo groups is 1. The van der Waals surface area contributed by atoms with Gasteiger partial charge >= 0.3 is 0 Å². The Labute approximate surface area is 190 Å². The third kappa shape index (κ3) is 4.92. The number of hydrogen-bond acceptors (Lipinski definition) is 11. The van der Waals surface area contributed by atoms with Gasteiger partial charge in [0.15, 0.2) is 12.5 Å². The predicted octanol–water partition coefficient (Wildman–Crippen LogP) is -1.01. The zero-order valence-corrected chi connectivity index (χ0v) is 19.0. The van der Waals surface area contributed by atoms with Crippen molar-refractivity contribution < 1.29 is 16.8 Å². The molecule has 2 aliphatic heterocycles. The number of primary sulfonamides is 1. The molecule has 2 aromatic rings. The molecule has 4 rings (SSSR count). The summed E-state index contributed by atoms with van der Waals surface area (Å²) in [5.74, 6) is 0.0479. The van der Waals surface area contributed by atoms with Crippen LogP contribution in [0.25, 0.3) is 11.1 Å². The summed E-state index contributed by atoms with van der Waals surface area (Å²) in [6, 6.07) is 5.68. The van der Waals surface area contributed by atoms with Crippen molar-refractivity contribution in [3.8, 4) is 11.1 Å². The summed E-state index contributed by atoms with van der Waals surface area (Å²) in [4.78, 5) is 6.99. The van der Waals surface area contributed by atoms with Crippen molar-refractivity contribution in [2.24, 2.45) is 20.4 Å². The maximum atomic E-state index is 13.2. The smallest absolute Gasteiger partial charge is 0.241 e. The zero-order chi connectivity index (χ0) is 23.6. The Bertz CT molecular complexity index is 1330. The van der Waals surface area contributed by atoms with Gasteiger partial charge in [0, 0.05) is 44.0 Å². The second-order valence-electron chi connectivity index (χ2n) is 7.37. The quantitative estimate of drug-likeness (QED) is 0.322. The van der Waals surface area contributed by atoms with Crippen molar-refractivity contribution >= 4 is 31.7 Å². The Hall–Kier alpha value is -2.82. The number of sulfonamides is 2. The second kappa shape index (κ2) is 9.20. The predicted molar refractivity (Wildman–Crippen MR) is 122 cm³/mol. The minimum absolute atomic E-state index is 0.0308. The molecule has 1 saturated heterocycles. The summed E-state index contributed by atoms with van der Waals surface area (Å²) in [6.45, 7) is 2.04. The minimum Gasteiger partial charge on any atom is -0.383 e. The fraction of sp³-hybridized carbons (Fsp3) is 0.333. The number of pyridine rings is 1. The van der Waals surface area contributed by atoms with Crippen LogP contribution >= 0.6 is 0 Å². The largest absolute Gasteiger partial charge is 0.383 e. The highest BCUT2D eigenvalue weighted by molar-refractivity contribution is 7.92.